The Labute approximate surface area is 168 Å². The van der Waals surface area contributed by atoms with Crippen molar-refractivity contribution < 1.29 is 0 Å². The quantitative estimate of drug-likeness (QED) is 0.242. The molecule has 0 fully saturated rings. The van der Waals surface area contributed by atoms with Gasteiger partial charge in [-0.2, -0.15) is 0 Å². The molecule has 28 heavy (non-hydrogen) atoms. The smallest absolute Gasteiger partial charge is 0.0175 e. The second kappa shape index (κ2) is 9.19. The Kier molecular flexibility index (Phi) is 6.45. The van der Waals surface area contributed by atoms with Crippen molar-refractivity contribution in [1.29, 1.82) is 0 Å². The van der Waals surface area contributed by atoms with Gasteiger partial charge in [0.25, 0.3) is 0 Å². The van der Waals surface area contributed by atoms with Crippen molar-refractivity contribution >= 4 is 32.3 Å². The Morgan fingerprint density at radius 1 is 0.357 bits per heavy atom. The van der Waals surface area contributed by atoms with E-state index in [2.05, 4.69) is 111 Å². The molecule has 0 radical (unpaired) electrons. The van der Waals surface area contributed by atoms with E-state index in [9.17, 15) is 0 Å². The molecule has 0 N–H and O–H groups in total. The summed E-state index contributed by atoms with van der Waals surface area (Å²) in [4.78, 5) is 0. The predicted octanol–water partition coefficient (Wildman–Crippen LogP) is 8.48. The summed E-state index contributed by atoms with van der Waals surface area (Å²) in [6, 6.07) is 34.5. The first-order valence-electron chi connectivity index (χ1n) is 10.0. The van der Waals surface area contributed by atoms with Crippen LogP contribution in [0.4, 0.5) is 0 Å². The largest absolute Gasteiger partial charge is 0.0683 e. The van der Waals surface area contributed by atoms with Crippen LogP contribution in [-0.2, 0) is 0 Å². The lowest BCUT2D eigenvalue weighted by Crippen LogP contribution is -1.77. The summed E-state index contributed by atoms with van der Waals surface area (Å²) in [5.74, 6) is 0. The maximum absolute atomic E-state index is 2.26. The molecule has 0 nitrogen and oxygen atoms in total. The zero-order chi connectivity index (χ0) is 19.9. The molecule has 0 amide bonds. The van der Waals surface area contributed by atoms with Crippen molar-refractivity contribution in [3.63, 3.8) is 0 Å². The monoisotopic (exact) mass is 364 g/mol. The molecule has 5 aromatic rings. The molecular weight excluding hydrogens is 336 g/mol. The van der Waals surface area contributed by atoms with E-state index in [-0.39, 0.29) is 0 Å². The first-order valence-corrected chi connectivity index (χ1v) is 10.0. The maximum atomic E-state index is 2.26. The first-order chi connectivity index (χ1) is 13.7. The van der Waals surface area contributed by atoms with Gasteiger partial charge in [0.15, 0.2) is 0 Å². The number of hydrogen-bond donors (Lipinski definition) is 0. The fourth-order valence-electron chi connectivity index (χ4n) is 3.37. The van der Waals surface area contributed by atoms with Gasteiger partial charge in [-0.05, 0) is 58.3 Å². The third-order valence-electron chi connectivity index (χ3n) is 4.77. The third-order valence-corrected chi connectivity index (χ3v) is 4.77. The second-order valence-corrected chi connectivity index (χ2v) is 6.90. The molecule has 0 saturated carbocycles. The number of fused-ring (bicyclic) bond motifs is 3. The number of hydrogen-bond acceptors (Lipinski definition) is 0. The van der Waals surface area contributed by atoms with Gasteiger partial charge in [-0.1, -0.05) is 110 Å². The molecule has 5 rings (SSSR count). The summed E-state index contributed by atoms with van der Waals surface area (Å²) in [6.45, 7) is 8.25. The van der Waals surface area contributed by atoms with Crippen LogP contribution in [0.3, 0.4) is 0 Å². The SMILES string of the molecule is CC.Cc1ccc2cc3ccccc3cc2c1.Cc1ccc2ccccc2c1. The predicted molar refractivity (Wildman–Crippen MR) is 126 cm³/mol. The van der Waals surface area contributed by atoms with Crippen LogP contribution < -0.4 is 0 Å². The molecule has 0 bridgehead atoms. The van der Waals surface area contributed by atoms with Crippen LogP contribution in [0.1, 0.15) is 25.0 Å². The minimum absolute atomic E-state index is 1.31. The van der Waals surface area contributed by atoms with E-state index in [4.69, 9.17) is 0 Å². The normalized spacial score (nSPS) is 10.1. The third kappa shape index (κ3) is 4.58. The van der Waals surface area contributed by atoms with Gasteiger partial charge < -0.3 is 0 Å². The van der Waals surface area contributed by atoms with Gasteiger partial charge in [0.1, 0.15) is 0 Å². The highest BCUT2D eigenvalue weighted by Crippen LogP contribution is 2.23. The van der Waals surface area contributed by atoms with E-state index in [1.807, 2.05) is 13.8 Å². The lowest BCUT2D eigenvalue weighted by molar-refractivity contribution is 1.50. The second-order valence-electron chi connectivity index (χ2n) is 6.90. The molecule has 140 valence electrons. The Balaban J connectivity index is 0.000000154. The van der Waals surface area contributed by atoms with Crippen molar-refractivity contribution in [1.82, 2.24) is 0 Å². The molecule has 0 aromatic heterocycles. The van der Waals surface area contributed by atoms with Crippen molar-refractivity contribution in [2.75, 3.05) is 0 Å². The minimum atomic E-state index is 1.31. The molecule has 5 aromatic carbocycles. The van der Waals surface area contributed by atoms with Crippen LogP contribution in [0.2, 0.25) is 0 Å². The lowest BCUT2D eigenvalue weighted by atomic mass is 10.0. The van der Waals surface area contributed by atoms with E-state index >= 15 is 0 Å². The average Bonchev–Trinajstić information content (AvgIpc) is 2.74. The molecule has 0 aliphatic rings. The van der Waals surface area contributed by atoms with Crippen molar-refractivity contribution in [3.8, 4) is 0 Å². The fourth-order valence-corrected chi connectivity index (χ4v) is 3.37. The van der Waals surface area contributed by atoms with E-state index < -0.39 is 0 Å². The Morgan fingerprint density at radius 2 is 0.714 bits per heavy atom. The topological polar surface area (TPSA) is 0 Å². The molecule has 0 unspecified atom stereocenters. The van der Waals surface area contributed by atoms with Crippen LogP contribution in [0, 0.1) is 13.8 Å². The van der Waals surface area contributed by atoms with Crippen LogP contribution in [0.25, 0.3) is 32.3 Å². The summed E-state index contributed by atoms with van der Waals surface area (Å²) in [7, 11) is 0. The molecule has 0 spiro atoms. The van der Waals surface area contributed by atoms with Crippen LogP contribution >= 0.6 is 0 Å². The van der Waals surface area contributed by atoms with E-state index in [1.54, 1.807) is 0 Å². The van der Waals surface area contributed by atoms with Crippen LogP contribution in [0.5, 0.6) is 0 Å². The highest BCUT2D eigenvalue weighted by Gasteiger charge is 1.97. The van der Waals surface area contributed by atoms with Crippen molar-refractivity contribution in [3.05, 3.63) is 108 Å². The molecule has 0 heteroatoms. The summed E-state index contributed by atoms with van der Waals surface area (Å²) >= 11 is 0. The molecular formula is C28H28. The average molecular weight is 365 g/mol. The van der Waals surface area contributed by atoms with Gasteiger partial charge in [0, 0.05) is 0 Å². The highest BCUT2D eigenvalue weighted by atomic mass is 14.0. The minimum Gasteiger partial charge on any atom is -0.0683 e. The summed E-state index contributed by atoms with van der Waals surface area (Å²) in [5, 5.41) is 7.92. The van der Waals surface area contributed by atoms with Crippen molar-refractivity contribution in [2.45, 2.75) is 27.7 Å². The molecule has 0 atom stereocenters. The van der Waals surface area contributed by atoms with Gasteiger partial charge in [-0.3, -0.25) is 0 Å². The zero-order valence-corrected chi connectivity index (χ0v) is 17.2. The maximum Gasteiger partial charge on any atom is -0.0175 e. The van der Waals surface area contributed by atoms with Gasteiger partial charge in [0.05, 0.1) is 0 Å². The van der Waals surface area contributed by atoms with E-state index in [0.717, 1.165) is 0 Å². The lowest BCUT2D eigenvalue weighted by Gasteiger charge is -2.02. The Morgan fingerprint density at radius 3 is 1.29 bits per heavy atom. The molecule has 0 aliphatic carbocycles. The van der Waals surface area contributed by atoms with Crippen LogP contribution in [-0.4, -0.2) is 0 Å². The van der Waals surface area contributed by atoms with Crippen LogP contribution in [0.15, 0.2) is 97.1 Å². The standard InChI is InChI=1S/C15H12.C11H10.C2H6/c1-11-6-7-14-9-12-4-2-3-5-13(12)10-15(14)8-11;1-9-6-7-10-4-2-3-5-11(10)8-9;1-2/h2-10H,1H3;2-8H,1H3;1-2H3. The van der Waals surface area contributed by atoms with Gasteiger partial charge >= 0.3 is 0 Å². The zero-order valence-electron chi connectivity index (χ0n) is 17.2. The van der Waals surface area contributed by atoms with Gasteiger partial charge in [0.2, 0.25) is 0 Å². The molecule has 0 saturated heterocycles. The number of aryl methyl sites for hydroxylation is 2. The summed E-state index contributed by atoms with van der Waals surface area (Å²) in [5.41, 5.74) is 2.64. The van der Waals surface area contributed by atoms with Gasteiger partial charge in [-0.15, -0.1) is 0 Å². The first kappa shape index (κ1) is 19.6. The Bertz CT molecular complexity index is 1200. The van der Waals surface area contributed by atoms with Gasteiger partial charge in [-0.25, -0.2) is 0 Å². The van der Waals surface area contributed by atoms with E-state index in [1.165, 1.54) is 43.4 Å². The molecule has 0 aliphatic heterocycles. The highest BCUT2D eigenvalue weighted by molar-refractivity contribution is 5.98. The molecule has 0 heterocycles. The fraction of sp³-hybridized carbons (Fsp3) is 0.143. The summed E-state index contributed by atoms with van der Waals surface area (Å²) in [6.07, 6.45) is 0. The summed E-state index contributed by atoms with van der Waals surface area (Å²) < 4.78 is 0. The number of benzene rings is 5. The Hall–Kier alpha value is -3.12. The van der Waals surface area contributed by atoms with E-state index in [0.29, 0.717) is 0 Å². The number of rotatable bonds is 0. The van der Waals surface area contributed by atoms with Crippen molar-refractivity contribution in [2.24, 2.45) is 0 Å².